The fourth-order valence-electron chi connectivity index (χ4n) is 0.963. The first-order valence-electron chi connectivity index (χ1n) is 3.69. The molecule has 0 saturated carbocycles. The molecule has 2 aromatic rings. The highest BCUT2D eigenvalue weighted by Gasteiger charge is 2.06. The zero-order valence-electron chi connectivity index (χ0n) is 6.99. The highest BCUT2D eigenvalue weighted by Crippen LogP contribution is 2.07. The first-order valence-corrected chi connectivity index (χ1v) is 3.69. The molecule has 0 aliphatic heterocycles. The zero-order chi connectivity index (χ0) is 9.97. The standard InChI is InChI=1S/C7H5N7/c8-1-5-2-10-3-11-6(5)14-4-12-7(9)13-14/h2-4H,(H2,9,13). The van der Waals surface area contributed by atoms with Gasteiger partial charge in [-0.15, -0.1) is 5.10 Å². The van der Waals surface area contributed by atoms with Gasteiger partial charge >= 0.3 is 0 Å². The van der Waals surface area contributed by atoms with Crippen molar-refractivity contribution in [3.8, 4) is 11.9 Å². The number of nitriles is 1. The molecule has 7 heteroatoms. The van der Waals surface area contributed by atoms with E-state index in [-0.39, 0.29) is 5.95 Å². The van der Waals surface area contributed by atoms with Crippen molar-refractivity contribution in [2.75, 3.05) is 5.73 Å². The highest BCUT2D eigenvalue weighted by atomic mass is 15.4. The number of hydrogen-bond donors (Lipinski definition) is 1. The third kappa shape index (κ3) is 1.25. The van der Waals surface area contributed by atoms with E-state index in [0.717, 1.165) is 0 Å². The minimum absolute atomic E-state index is 0.132. The molecule has 0 radical (unpaired) electrons. The SMILES string of the molecule is N#Cc1cncnc1-n1cnc(N)n1. The topological polar surface area (TPSA) is 106 Å². The van der Waals surface area contributed by atoms with Crippen molar-refractivity contribution >= 4 is 5.95 Å². The van der Waals surface area contributed by atoms with Crippen LogP contribution in [0.2, 0.25) is 0 Å². The maximum absolute atomic E-state index is 8.76. The van der Waals surface area contributed by atoms with E-state index in [1.165, 1.54) is 23.5 Å². The second kappa shape index (κ2) is 3.10. The van der Waals surface area contributed by atoms with Crippen LogP contribution in [-0.2, 0) is 0 Å². The number of nitrogen functional groups attached to an aromatic ring is 1. The van der Waals surface area contributed by atoms with Crippen LogP contribution in [-0.4, -0.2) is 24.7 Å². The Morgan fingerprint density at radius 1 is 1.43 bits per heavy atom. The van der Waals surface area contributed by atoms with Gasteiger partial charge in [0.05, 0.1) is 6.20 Å². The summed E-state index contributed by atoms with van der Waals surface area (Å²) in [6.45, 7) is 0. The van der Waals surface area contributed by atoms with E-state index >= 15 is 0 Å². The van der Waals surface area contributed by atoms with Gasteiger partial charge in [-0.3, -0.25) is 0 Å². The van der Waals surface area contributed by atoms with E-state index in [1.807, 2.05) is 6.07 Å². The first-order chi connectivity index (χ1) is 6.81. The smallest absolute Gasteiger partial charge is 0.239 e. The van der Waals surface area contributed by atoms with Gasteiger partial charge in [0, 0.05) is 0 Å². The fraction of sp³-hybridized carbons (Fsp3) is 0. The van der Waals surface area contributed by atoms with Gasteiger partial charge in [0.2, 0.25) is 5.95 Å². The average Bonchev–Trinajstić information content (AvgIpc) is 2.65. The summed E-state index contributed by atoms with van der Waals surface area (Å²) < 4.78 is 1.33. The largest absolute Gasteiger partial charge is 0.366 e. The fourth-order valence-corrected chi connectivity index (χ4v) is 0.963. The van der Waals surface area contributed by atoms with Gasteiger partial charge in [-0.25, -0.2) is 15.0 Å². The van der Waals surface area contributed by atoms with Gasteiger partial charge < -0.3 is 5.73 Å². The molecule has 7 nitrogen and oxygen atoms in total. The summed E-state index contributed by atoms with van der Waals surface area (Å²) in [5, 5.41) is 12.6. The summed E-state index contributed by atoms with van der Waals surface area (Å²) in [6.07, 6.45) is 4.12. The molecule has 68 valence electrons. The van der Waals surface area contributed by atoms with Crippen molar-refractivity contribution in [3.05, 3.63) is 24.4 Å². The molecule has 2 heterocycles. The van der Waals surface area contributed by atoms with Crippen LogP contribution in [0.15, 0.2) is 18.9 Å². The molecule has 0 fully saturated rings. The van der Waals surface area contributed by atoms with Crippen LogP contribution in [0, 0.1) is 11.3 Å². The predicted octanol–water partition coefficient (Wildman–Crippen LogP) is -0.489. The molecule has 0 atom stereocenters. The van der Waals surface area contributed by atoms with Crippen LogP contribution in [0.25, 0.3) is 5.82 Å². The normalized spacial score (nSPS) is 9.64. The second-order valence-corrected chi connectivity index (χ2v) is 2.42. The molecular weight excluding hydrogens is 182 g/mol. The van der Waals surface area contributed by atoms with Crippen LogP contribution < -0.4 is 5.73 Å². The van der Waals surface area contributed by atoms with Crippen molar-refractivity contribution in [1.82, 2.24) is 24.7 Å². The molecule has 0 aromatic carbocycles. The summed E-state index contributed by atoms with van der Waals surface area (Å²) in [4.78, 5) is 11.4. The highest BCUT2D eigenvalue weighted by molar-refractivity contribution is 5.40. The molecule has 0 amide bonds. The maximum Gasteiger partial charge on any atom is 0.239 e. The molecular formula is C7H5N7. The zero-order valence-corrected chi connectivity index (χ0v) is 6.99. The van der Waals surface area contributed by atoms with E-state index in [4.69, 9.17) is 11.0 Å². The predicted molar refractivity (Wildman–Crippen MR) is 46.1 cm³/mol. The van der Waals surface area contributed by atoms with Crippen LogP contribution >= 0.6 is 0 Å². The van der Waals surface area contributed by atoms with Crippen molar-refractivity contribution < 1.29 is 0 Å². The van der Waals surface area contributed by atoms with Gasteiger partial charge in [0.25, 0.3) is 0 Å². The number of nitrogens with zero attached hydrogens (tertiary/aromatic N) is 6. The molecule has 0 unspecified atom stereocenters. The van der Waals surface area contributed by atoms with E-state index in [0.29, 0.717) is 11.4 Å². The Hall–Kier alpha value is -2.49. The Balaban J connectivity index is 2.57. The van der Waals surface area contributed by atoms with Crippen molar-refractivity contribution in [2.24, 2.45) is 0 Å². The molecule has 2 rings (SSSR count). The molecule has 0 aliphatic rings. The lowest BCUT2D eigenvalue weighted by Crippen LogP contribution is -2.02. The Kier molecular flexibility index (Phi) is 1.80. The number of anilines is 1. The molecule has 2 N–H and O–H groups in total. The first kappa shape index (κ1) is 8.12. The van der Waals surface area contributed by atoms with Crippen molar-refractivity contribution in [2.45, 2.75) is 0 Å². The van der Waals surface area contributed by atoms with Gasteiger partial charge in [-0.1, -0.05) is 0 Å². The Morgan fingerprint density at radius 2 is 2.29 bits per heavy atom. The summed E-state index contributed by atoms with van der Waals surface area (Å²) in [5.74, 6) is 0.499. The maximum atomic E-state index is 8.76. The molecule has 0 bridgehead atoms. The quantitative estimate of drug-likeness (QED) is 0.645. The third-order valence-electron chi connectivity index (χ3n) is 1.54. The monoisotopic (exact) mass is 187 g/mol. The van der Waals surface area contributed by atoms with Gasteiger partial charge in [0.1, 0.15) is 24.3 Å². The third-order valence-corrected chi connectivity index (χ3v) is 1.54. The number of nitrogens with two attached hydrogens (primary N) is 1. The Morgan fingerprint density at radius 3 is 2.93 bits per heavy atom. The average molecular weight is 187 g/mol. The lowest BCUT2D eigenvalue weighted by Gasteiger charge is -1.98. The molecule has 0 saturated heterocycles. The number of hydrogen-bond acceptors (Lipinski definition) is 6. The van der Waals surface area contributed by atoms with Gasteiger partial charge in [0.15, 0.2) is 5.82 Å². The van der Waals surface area contributed by atoms with Crippen LogP contribution in [0.4, 0.5) is 5.95 Å². The van der Waals surface area contributed by atoms with Gasteiger partial charge in [-0.05, 0) is 0 Å². The van der Waals surface area contributed by atoms with Crippen LogP contribution in [0.1, 0.15) is 5.56 Å². The summed E-state index contributed by atoms with van der Waals surface area (Å²) in [7, 11) is 0. The van der Waals surface area contributed by atoms with E-state index < -0.39 is 0 Å². The Bertz CT molecular complexity index is 495. The lowest BCUT2D eigenvalue weighted by atomic mass is 10.3. The minimum atomic E-state index is 0.132. The van der Waals surface area contributed by atoms with E-state index in [9.17, 15) is 0 Å². The van der Waals surface area contributed by atoms with Crippen LogP contribution in [0.5, 0.6) is 0 Å². The summed E-state index contributed by atoms with van der Waals surface area (Å²) >= 11 is 0. The molecule has 14 heavy (non-hydrogen) atoms. The summed E-state index contributed by atoms with van der Waals surface area (Å²) in [6, 6.07) is 1.95. The van der Waals surface area contributed by atoms with Gasteiger partial charge in [-0.2, -0.15) is 9.94 Å². The number of aromatic nitrogens is 5. The molecule has 0 aliphatic carbocycles. The molecule has 2 aromatic heterocycles. The molecule has 0 spiro atoms. The van der Waals surface area contributed by atoms with Crippen LogP contribution in [0.3, 0.4) is 0 Å². The van der Waals surface area contributed by atoms with Crippen molar-refractivity contribution in [1.29, 1.82) is 5.26 Å². The lowest BCUT2D eigenvalue weighted by molar-refractivity contribution is 0.837. The Labute approximate surface area is 78.9 Å². The van der Waals surface area contributed by atoms with Crippen molar-refractivity contribution in [3.63, 3.8) is 0 Å². The number of rotatable bonds is 1. The van der Waals surface area contributed by atoms with E-state index in [1.54, 1.807) is 0 Å². The second-order valence-electron chi connectivity index (χ2n) is 2.42. The van der Waals surface area contributed by atoms with E-state index in [2.05, 4.69) is 20.1 Å². The minimum Gasteiger partial charge on any atom is -0.366 e. The summed E-state index contributed by atoms with van der Waals surface area (Å²) in [5.41, 5.74) is 5.66.